The van der Waals surface area contributed by atoms with Crippen LogP contribution in [-0.4, -0.2) is 44.1 Å². The minimum Gasteiger partial charge on any atom is -0.497 e. The number of piperidine rings is 1. The lowest BCUT2D eigenvalue weighted by Gasteiger charge is -2.30. The maximum Gasteiger partial charge on any atom is 0.225 e. The molecule has 4 heteroatoms. The predicted molar refractivity (Wildman–Crippen MR) is 89.1 cm³/mol. The minimum absolute atomic E-state index is 0.197. The molecular formula is C18H28N2O2. The number of aryl methyl sites for hydroxylation is 1. The second-order valence-corrected chi connectivity index (χ2v) is 6.29. The van der Waals surface area contributed by atoms with Gasteiger partial charge in [-0.15, -0.1) is 0 Å². The van der Waals surface area contributed by atoms with Crippen LogP contribution < -0.4 is 10.1 Å². The third-order valence-corrected chi connectivity index (χ3v) is 4.47. The smallest absolute Gasteiger partial charge is 0.225 e. The van der Waals surface area contributed by atoms with Gasteiger partial charge in [0.05, 0.1) is 7.11 Å². The van der Waals surface area contributed by atoms with Gasteiger partial charge in [0.2, 0.25) is 5.91 Å². The second kappa shape index (κ2) is 8.18. The van der Waals surface area contributed by atoms with Crippen LogP contribution in [0.2, 0.25) is 0 Å². The average Bonchev–Trinajstić information content (AvgIpc) is 2.54. The monoisotopic (exact) mass is 304 g/mol. The van der Waals surface area contributed by atoms with Crippen LogP contribution in [0, 0.1) is 5.92 Å². The highest BCUT2D eigenvalue weighted by Gasteiger charge is 2.26. The first-order valence-electron chi connectivity index (χ1n) is 8.21. The van der Waals surface area contributed by atoms with Gasteiger partial charge in [-0.2, -0.15) is 0 Å². The number of ether oxygens (including phenoxy) is 1. The van der Waals surface area contributed by atoms with Crippen molar-refractivity contribution in [2.45, 2.75) is 38.6 Å². The van der Waals surface area contributed by atoms with Crippen molar-refractivity contribution in [2.75, 3.05) is 27.2 Å². The van der Waals surface area contributed by atoms with Crippen molar-refractivity contribution in [3.63, 3.8) is 0 Å². The lowest BCUT2D eigenvalue weighted by Crippen LogP contribution is -2.43. The number of carbonyl (C=O) groups is 1. The Bertz CT molecular complexity index is 472. The summed E-state index contributed by atoms with van der Waals surface area (Å²) in [6.45, 7) is 3.93. The van der Waals surface area contributed by atoms with Gasteiger partial charge < -0.3 is 15.0 Å². The first-order chi connectivity index (χ1) is 10.6. The molecule has 1 aromatic rings. The van der Waals surface area contributed by atoms with E-state index in [1.807, 2.05) is 24.1 Å². The van der Waals surface area contributed by atoms with Crippen LogP contribution in [0.5, 0.6) is 5.75 Å². The SMILES string of the molecule is COc1ccc(CCCN(C)C(=O)[C@H]2CCN[C@@H](C)C2)cc1. The van der Waals surface area contributed by atoms with Gasteiger partial charge in [0.15, 0.2) is 0 Å². The van der Waals surface area contributed by atoms with Crippen LogP contribution in [0.3, 0.4) is 0 Å². The number of amides is 1. The minimum atomic E-state index is 0.197. The Hall–Kier alpha value is -1.55. The molecule has 1 N–H and O–H groups in total. The topological polar surface area (TPSA) is 41.6 Å². The van der Waals surface area contributed by atoms with Crippen LogP contribution in [-0.2, 0) is 11.2 Å². The number of nitrogens with one attached hydrogen (secondary N) is 1. The van der Waals surface area contributed by atoms with E-state index in [-0.39, 0.29) is 5.92 Å². The molecule has 0 aromatic heterocycles. The molecule has 1 aliphatic heterocycles. The van der Waals surface area contributed by atoms with Gasteiger partial charge in [0.1, 0.15) is 5.75 Å². The van der Waals surface area contributed by atoms with Gasteiger partial charge in [0.25, 0.3) is 0 Å². The fourth-order valence-corrected chi connectivity index (χ4v) is 3.09. The summed E-state index contributed by atoms with van der Waals surface area (Å²) < 4.78 is 5.16. The fourth-order valence-electron chi connectivity index (χ4n) is 3.09. The molecule has 0 unspecified atom stereocenters. The zero-order valence-electron chi connectivity index (χ0n) is 14.0. The van der Waals surface area contributed by atoms with Gasteiger partial charge in [-0.05, 0) is 56.8 Å². The normalized spacial score (nSPS) is 21.4. The van der Waals surface area contributed by atoms with Crippen LogP contribution >= 0.6 is 0 Å². The van der Waals surface area contributed by atoms with Crippen molar-refractivity contribution in [1.29, 1.82) is 0 Å². The number of nitrogens with zero attached hydrogens (tertiary/aromatic N) is 1. The number of hydrogen-bond donors (Lipinski definition) is 1. The van der Waals surface area contributed by atoms with Crippen molar-refractivity contribution in [1.82, 2.24) is 10.2 Å². The van der Waals surface area contributed by atoms with Crippen molar-refractivity contribution in [3.05, 3.63) is 29.8 Å². The Labute approximate surface area is 133 Å². The summed E-state index contributed by atoms with van der Waals surface area (Å²) in [5.74, 6) is 1.39. The molecule has 0 radical (unpaired) electrons. The molecule has 1 amide bonds. The van der Waals surface area contributed by atoms with E-state index in [1.54, 1.807) is 7.11 Å². The van der Waals surface area contributed by atoms with Gasteiger partial charge in [-0.1, -0.05) is 12.1 Å². The average molecular weight is 304 g/mol. The molecule has 0 spiro atoms. The number of carbonyl (C=O) groups excluding carboxylic acids is 1. The lowest BCUT2D eigenvalue weighted by atomic mass is 9.92. The first-order valence-corrected chi connectivity index (χ1v) is 8.21. The van der Waals surface area contributed by atoms with Crippen LogP contribution in [0.4, 0.5) is 0 Å². The van der Waals surface area contributed by atoms with E-state index < -0.39 is 0 Å². The van der Waals surface area contributed by atoms with Gasteiger partial charge >= 0.3 is 0 Å². The highest BCUT2D eigenvalue weighted by atomic mass is 16.5. The van der Waals surface area contributed by atoms with E-state index in [4.69, 9.17) is 4.74 Å². The third-order valence-electron chi connectivity index (χ3n) is 4.47. The highest BCUT2D eigenvalue weighted by molar-refractivity contribution is 5.78. The fraction of sp³-hybridized carbons (Fsp3) is 0.611. The molecule has 1 aliphatic rings. The molecule has 22 heavy (non-hydrogen) atoms. The summed E-state index contributed by atoms with van der Waals surface area (Å²) in [6.07, 6.45) is 3.91. The molecule has 4 nitrogen and oxygen atoms in total. The number of hydrogen-bond acceptors (Lipinski definition) is 3. The van der Waals surface area contributed by atoms with Crippen LogP contribution in [0.15, 0.2) is 24.3 Å². The maximum absolute atomic E-state index is 12.5. The van der Waals surface area contributed by atoms with E-state index in [0.29, 0.717) is 11.9 Å². The van der Waals surface area contributed by atoms with Gasteiger partial charge in [-0.3, -0.25) is 4.79 Å². The summed E-state index contributed by atoms with van der Waals surface area (Å²) in [4.78, 5) is 14.4. The Balaban J connectivity index is 1.74. The van der Waals surface area contributed by atoms with Crippen molar-refractivity contribution in [3.8, 4) is 5.75 Å². The lowest BCUT2D eigenvalue weighted by molar-refractivity contribution is -0.135. The van der Waals surface area contributed by atoms with E-state index in [9.17, 15) is 4.79 Å². The summed E-state index contributed by atoms with van der Waals surface area (Å²) in [7, 11) is 3.61. The van der Waals surface area contributed by atoms with E-state index in [1.165, 1.54) is 5.56 Å². The van der Waals surface area contributed by atoms with Crippen molar-refractivity contribution < 1.29 is 9.53 Å². The molecule has 2 atom stereocenters. The number of methoxy groups -OCH3 is 1. The second-order valence-electron chi connectivity index (χ2n) is 6.29. The molecule has 2 rings (SSSR count). The van der Waals surface area contributed by atoms with E-state index >= 15 is 0 Å². The van der Waals surface area contributed by atoms with Gasteiger partial charge in [0, 0.05) is 25.6 Å². The predicted octanol–water partition coefficient (Wildman–Crippen LogP) is 2.47. The zero-order chi connectivity index (χ0) is 15.9. The molecule has 0 aliphatic carbocycles. The van der Waals surface area contributed by atoms with Crippen molar-refractivity contribution >= 4 is 5.91 Å². The Morgan fingerprint density at radius 2 is 2.09 bits per heavy atom. The molecule has 1 fully saturated rings. The Kier molecular flexibility index (Phi) is 6.25. The number of rotatable bonds is 6. The molecule has 0 saturated carbocycles. The summed E-state index contributed by atoms with van der Waals surface area (Å²) in [6, 6.07) is 8.61. The van der Waals surface area contributed by atoms with Crippen LogP contribution in [0.25, 0.3) is 0 Å². The zero-order valence-corrected chi connectivity index (χ0v) is 14.0. The number of benzene rings is 1. The molecule has 1 heterocycles. The van der Waals surface area contributed by atoms with Gasteiger partial charge in [-0.25, -0.2) is 0 Å². The Morgan fingerprint density at radius 3 is 2.73 bits per heavy atom. The standard InChI is InChI=1S/C18H28N2O2/c1-14-13-16(10-11-19-14)18(21)20(2)12-4-5-15-6-8-17(22-3)9-7-15/h6-9,14,16,19H,4-5,10-13H2,1-3H3/t14-,16-/m0/s1. The van der Waals surface area contributed by atoms with Crippen LogP contribution in [0.1, 0.15) is 31.7 Å². The summed E-state index contributed by atoms with van der Waals surface area (Å²) in [5.41, 5.74) is 1.29. The molecule has 1 saturated heterocycles. The molecule has 1 aromatic carbocycles. The molecular weight excluding hydrogens is 276 g/mol. The van der Waals surface area contributed by atoms with E-state index in [2.05, 4.69) is 24.4 Å². The molecule has 0 bridgehead atoms. The van der Waals surface area contributed by atoms with E-state index in [0.717, 1.165) is 44.5 Å². The Morgan fingerprint density at radius 1 is 1.36 bits per heavy atom. The first kappa shape index (κ1) is 16.8. The largest absolute Gasteiger partial charge is 0.497 e. The third kappa shape index (κ3) is 4.73. The highest BCUT2D eigenvalue weighted by Crippen LogP contribution is 2.19. The summed E-state index contributed by atoms with van der Waals surface area (Å²) >= 11 is 0. The maximum atomic E-state index is 12.5. The molecule has 122 valence electrons. The van der Waals surface area contributed by atoms with Crippen molar-refractivity contribution in [2.24, 2.45) is 5.92 Å². The summed E-state index contributed by atoms with van der Waals surface area (Å²) in [5, 5.41) is 3.40. The quantitative estimate of drug-likeness (QED) is 0.878.